The van der Waals surface area contributed by atoms with Crippen LogP contribution in [0.4, 0.5) is 14.1 Å². The summed E-state index contributed by atoms with van der Waals surface area (Å²) in [4.78, 5) is 1.00. The van der Waals surface area contributed by atoms with Crippen molar-refractivity contribution in [1.82, 2.24) is 0 Å². The van der Waals surface area contributed by atoms with Crippen molar-refractivity contribution in [1.29, 1.82) is 0 Å². The lowest BCUT2D eigenvalue weighted by molar-refractivity contribution is 0.641. The van der Waals surface area contributed by atoms with Crippen LogP contribution in [0.2, 0.25) is 0 Å². The molecule has 0 bridgehead atoms. The van der Waals surface area contributed by atoms with Gasteiger partial charge in [-0.1, -0.05) is 44.7 Å². The van der Waals surface area contributed by atoms with Gasteiger partial charge in [0.1, 0.15) is 0 Å². The summed E-state index contributed by atoms with van der Waals surface area (Å²) in [6.45, 7) is 4.42. The molecule has 0 amide bonds. The van der Waals surface area contributed by atoms with Crippen LogP contribution in [0.25, 0.3) is 0 Å². The first-order valence-electron chi connectivity index (χ1n) is 3.95. The second-order valence-corrected chi connectivity index (χ2v) is 3.65. The average molecular weight is 225 g/mol. The first-order valence-corrected chi connectivity index (χ1v) is 4.36. The highest BCUT2D eigenvalue weighted by atomic mass is 32.1. The summed E-state index contributed by atoms with van der Waals surface area (Å²) < 4.78 is 0. The zero-order valence-electron chi connectivity index (χ0n) is 8.23. The second kappa shape index (κ2) is 8.81. The molecule has 0 unspecified atom stereocenters. The highest BCUT2D eigenvalue weighted by Gasteiger charge is 2.00. The minimum absolute atomic E-state index is 0. The molecule has 4 heteroatoms. The SMILES string of the molecule is CC(C)Cc1ccccc1[S].F.F.F. The van der Waals surface area contributed by atoms with E-state index in [1.54, 1.807) is 0 Å². The Bertz CT molecular complexity index is 239. The zero-order valence-corrected chi connectivity index (χ0v) is 9.04. The van der Waals surface area contributed by atoms with Crippen molar-refractivity contribution >= 4 is 12.6 Å². The highest BCUT2D eigenvalue weighted by molar-refractivity contribution is 7.80. The van der Waals surface area contributed by atoms with E-state index >= 15 is 0 Å². The molecule has 1 aromatic carbocycles. The van der Waals surface area contributed by atoms with Gasteiger partial charge in [-0.25, -0.2) is 0 Å². The van der Waals surface area contributed by atoms with Crippen molar-refractivity contribution in [2.24, 2.45) is 5.92 Å². The molecular weight excluding hydrogens is 209 g/mol. The Balaban J connectivity index is -0.000000403. The van der Waals surface area contributed by atoms with Gasteiger partial charge < -0.3 is 0 Å². The third-order valence-corrected chi connectivity index (χ3v) is 2.00. The molecule has 0 saturated heterocycles. The van der Waals surface area contributed by atoms with E-state index in [-0.39, 0.29) is 14.1 Å². The molecule has 0 heterocycles. The van der Waals surface area contributed by atoms with E-state index in [9.17, 15) is 0 Å². The highest BCUT2D eigenvalue weighted by Crippen LogP contribution is 2.16. The van der Waals surface area contributed by atoms with Crippen molar-refractivity contribution in [2.75, 3.05) is 0 Å². The van der Waals surface area contributed by atoms with Crippen molar-refractivity contribution in [3.05, 3.63) is 29.8 Å². The minimum atomic E-state index is 0. The van der Waals surface area contributed by atoms with Crippen LogP contribution in [0.1, 0.15) is 19.4 Å². The number of benzene rings is 1. The van der Waals surface area contributed by atoms with Gasteiger partial charge in [0.05, 0.1) is 0 Å². The Kier molecular flexibility index (Phi) is 11.9. The van der Waals surface area contributed by atoms with Crippen molar-refractivity contribution in [3.8, 4) is 0 Å². The van der Waals surface area contributed by atoms with Gasteiger partial charge in [-0.05, 0) is 24.0 Å². The van der Waals surface area contributed by atoms with E-state index in [1.165, 1.54) is 5.56 Å². The number of hydrogen-bond donors (Lipinski definition) is 0. The molecule has 1 radical (unpaired) electrons. The lowest BCUT2D eigenvalue weighted by atomic mass is 10.0. The fraction of sp³-hybridized carbons (Fsp3) is 0.400. The van der Waals surface area contributed by atoms with Crippen LogP contribution in [0.5, 0.6) is 0 Å². The van der Waals surface area contributed by atoms with E-state index in [0.29, 0.717) is 5.92 Å². The van der Waals surface area contributed by atoms with Gasteiger partial charge in [0, 0.05) is 4.90 Å². The van der Waals surface area contributed by atoms with Crippen LogP contribution in [0.15, 0.2) is 29.2 Å². The fourth-order valence-electron chi connectivity index (χ4n) is 1.11. The number of rotatable bonds is 2. The molecule has 0 spiro atoms. The van der Waals surface area contributed by atoms with Gasteiger partial charge >= 0.3 is 0 Å². The lowest BCUT2D eigenvalue weighted by Gasteiger charge is -2.05. The van der Waals surface area contributed by atoms with Crippen molar-refractivity contribution in [3.63, 3.8) is 0 Å². The molecule has 0 saturated carbocycles. The fourth-order valence-corrected chi connectivity index (χ4v) is 1.34. The first-order chi connectivity index (χ1) is 5.20. The van der Waals surface area contributed by atoms with Gasteiger partial charge in [-0.15, -0.1) is 0 Å². The summed E-state index contributed by atoms with van der Waals surface area (Å²) in [5.74, 6) is 0.694. The maximum atomic E-state index is 5.17. The standard InChI is InChI=1S/C10H13S.3FH/c1-8(2)7-9-5-3-4-6-10(9)11;;;/h3-6,8H,7H2,1-2H3;3*1H. The molecule has 0 nitrogen and oxygen atoms in total. The van der Waals surface area contributed by atoms with Crippen LogP contribution in [0.3, 0.4) is 0 Å². The van der Waals surface area contributed by atoms with Crippen LogP contribution < -0.4 is 0 Å². The molecule has 14 heavy (non-hydrogen) atoms. The van der Waals surface area contributed by atoms with Crippen molar-refractivity contribution in [2.45, 2.75) is 25.2 Å². The average Bonchev–Trinajstić information content (AvgIpc) is 1.93. The summed E-state index contributed by atoms with van der Waals surface area (Å²) in [6.07, 6.45) is 1.10. The summed E-state index contributed by atoms with van der Waals surface area (Å²) in [5, 5.41) is 0. The van der Waals surface area contributed by atoms with Crippen LogP contribution in [0, 0.1) is 5.92 Å². The molecule has 0 aliphatic carbocycles. The van der Waals surface area contributed by atoms with Crippen LogP contribution >= 0.6 is 12.6 Å². The van der Waals surface area contributed by atoms with E-state index < -0.39 is 0 Å². The zero-order chi connectivity index (χ0) is 8.27. The Morgan fingerprint density at radius 2 is 1.57 bits per heavy atom. The van der Waals surface area contributed by atoms with Gasteiger partial charge in [-0.2, -0.15) is 0 Å². The van der Waals surface area contributed by atoms with E-state index in [4.69, 9.17) is 12.6 Å². The Hall–Kier alpha value is -0.770. The molecular formula is C10H16F3S. The monoisotopic (exact) mass is 225 g/mol. The quantitative estimate of drug-likeness (QED) is 0.716. The van der Waals surface area contributed by atoms with E-state index in [2.05, 4.69) is 19.9 Å². The van der Waals surface area contributed by atoms with Crippen molar-refractivity contribution < 1.29 is 14.1 Å². The van der Waals surface area contributed by atoms with E-state index in [0.717, 1.165) is 11.3 Å². The molecule has 0 N–H and O–H groups in total. The third kappa shape index (κ3) is 5.80. The predicted octanol–water partition coefficient (Wildman–Crippen LogP) is 3.90. The minimum Gasteiger partial charge on any atom is -0.269 e. The number of halogens is 3. The van der Waals surface area contributed by atoms with Gasteiger partial charge in [-0.3, -0.25) is 14.1 Å². The Labute approximate surface area is 88.2 Å². The molecule has 0 fully saturated rings. The topological polar surface area (TPSA) is 0 Å². The van der Waals surface area contributed by atoms with Crippen LogP contribution in [-0.2, 0) is 6.42 Å². The normalized spacial score (nSPS) is 8.21. The Morgan fingerprint density at radius 3 is 2.00 bits per heavy atom. The third-order valence-electron chi connectivity index (χ3n) is 1.60. The van der Waals surface area contributed by atoms with E-state index in [1.807, 2.05) is 18.2 Å². The summed E-state index contributed by atoms with van der Waals surface area (Å²) in [5.41, 5.74) is 1.30. The van der Waals surface area contributed by atoms with Crippen LogP contribution in [-0.4, -0.2) is 0 Å². The maximum absolute atomic E-state index is 5.17. The maximum Gasteiger partial charge on any atom is 0.0409 e. The lowest BCUT2D eigenvalue weighted by Crippen LogP contribution is -1.94. The molecule has 1 rings (SSSR count). The van der Waals surface area contributed by atoms with Gasteiger partial charge in [0.25, 0.3) is 0 Å². The summed E-state index contributed by atoms with van der Waals surface area (Å²) in [6, 6.07) is 8.15. The molecule has 0 aliphatic rings. The predicted molar refractivity (Wildman–Crippen MR) is 58.4 cm³/mol. The second-order valence-electron chi connectivity index (χ2n) is 3.21. The first kappa shape index (κ1) is 18.9. The smallest absolute Gasteiger partial charge is 0.0409 e. The molecule has 0 aliphatic heterocycles. The molecule has 1 aromatic rings. The largest absolute Gasteiger partial charge is 0.269 e. The van der Waals surface area contributed by atoms with Gasteiger partial charge in [0.15, 0.2) is 0 Å². The number of hydrogen-bond acceptors (Lipinski definition) is 0. The Morgan fingerprint density at radius 1 is 1.07 bits per heavy atom. The summed E-state index contributed by atoms with van der Waals surface area (Å²) >= 11 is 5.17. The molecule has 0 aromatic heterocycles. The molecule has 83 valence electrons. The summed E-state index contributed by atoms with van der Waals surface area (Å²) in [7, 11) is 0. The van der Waals surface area contributed by atoms with Gasteiger partial charge in [0.2, 0.25) is 0 Å². The molecule has 0 atom stereocenters.